The first-order valence-corrected chi connectivity index (χ1v) is 9.80. The number of ether oxygens (including phenoxy) is 2. The first-order valence-electron chi connectivity index (χ1n) is 9.42. The second kappa shape index (κ2) is 7.57. The number of fused-ring (bicyclic) bond motifs is 1. The smallest absolute Gasteiger partial charge is 0.339 e. The van der Waals surface area contributed by atoms with Gasteiger partial charge in [-0.1, -0.05) is 50.2 Å². The maximum atomic E-state index is 12.9. The summed E-state index contributed by atoms with van der Waals surface area (Å²) in [6.45, 7) is 8.01. The lowest BCUT2D eigenvalue weighted by atomic mass is 9.85. The number of hydrogen-bond acceptors (Lipinski definition) is 6. The third-order valence-electron chi connectivity index (χ3n) is 5.53. The van der Waals surface area contributed by atoms with Gasteiger partial charge in [0.15, 0.2) is 22.6 Å². The van der Waals surface area contributed by atoms with Gasteiger partial charge in [-0.15, -0.1) is 0 Å². The minimum Gasteiger partial charge on any atom is -0.446 e. The predicted molar refractivity (Wildman–Crippen MR) is 108 cm³/mol. The minimum absolute atomic E-state index is 0.141. The maximum Gasteiger partial charge on any atom is 0.339 e. The van der Waals surface area contributed by atoms with E-state index < -0.39 is 17.8 Å². The zero-order valence-electron chi connectivity index (χ0n) is 16.2. The van der Waals surface area contributed by atoms with Gasteiger partial charge in [0.25, 0.3) is 0 Å². The first-order chi connectivity index (χ1) is 14.0. The van der Waals surface area contributed by atoms with Gasteiger partial charge >= 0.3 is 5.97 Å². The van der Waals surface area contributed by atoms with E-state index in [2.05, 4.69) is 21.5 Å². The van der Waals surface area contributed by atoms with Gasteiger partial charge < -0.3 is 9.47 Å². The Labute approximate surface area is 173 Å². The minimum atomic E-state index is -1.11. The summed E-state index contributed by atoms with van der Waals surface area (Å²) in [7, 11) is 0. The van der Waals surface area contributed by atoms with Crippen LogP contribution in [0.25, 0.3) is 11.2 Å². The molecule has 0 spiro atoms. The van der Waals surface area contributed by atoms with Gasteiger partial charge in [-0.3, -0.25) is 4.57 Å². The fourth-order valence-corrected chi connectivity index (χ4v) is 4.08. The fourth-order valence-electron chi connectivity index (χ4n) is 3.90. The summed E-state index contributed by atoms with van der Waals surface area (Å²) in [5, 5.41) is 0.248. The van der Waals surface area contributed by atoms with Crippen molar-refractivity contribution < 1.29 is 14.3 Å². The molecule has 4 rings (SSSR count). The molecule has 2 aromatic heterocycles. The summed E-state index contributed by atoms with van der Waals surface area (Å²) in [6.07, 6.45) is 4.51. The molecule has 1 saturated heterocycles. The van der Waals surface area contributed by atoms with E-state index in [0.29, 0.717) is 16.7 Å². The van der Waals surface area contributed by atoms with E-state index in [-0.39, 0.29) is 17.2 Å². The van der Waals surface area contributed by atoms with Crippen molar-refractivity contribution in [3.05, 3.63) is 66.4 Å². The topological polar surface area (TPSA) is 79.1 Å². The summed E-state index contributed by atoms with van der Waals surface area (Å²) >= 11 is 6.16. The molecule has 1 aliphatic heterocycles. The van der Waals surface area contributed by atoms with E-state index in [1.54, 1.807) is 41.2 Å². The van der Waals surface area contributed by atoms with Crippen LogP contribution in [-0.2, 0) is 9.47 Å². The van der Waals surface area contributed by atoms with Crippen molar-refractivity contribution in [1.29, 1.82) is 0 Å². The molecular weight excluding hydrogens is 392 g/mol. The second-order valence-corrected chi connectivity index (χ2v) is 7.38. The van der Waals surface area contributed by atoms with Crippen molar-refractivity contribution in [2.24, 2.45) is 5.92 Å². The van der Waals surface area contributed by atoms with Crippen LogP contribution >= 0.6 is 11.6 Å². The highest BCUT2D eigenvalue weighted by atomic mass is 35.5. The van der Waals surface area contributed by atoms with Gasteiger partial charge in [0.05, 0.1) is 18.0 Å². The van der Waals surface area contributed by atoms with Crippen LogP contribution in [0.2, 0.25) is 5.15 Å². The molecule has 0 unspecified atom stereocenters. The van der Waals surface area contributed by atoms with Crippen LogP contribution in [0, 0.1) is 5.92 Å². The summed E-state index contributed by atoms with van der Waals surface area (Å²) < 4.78 is 14.1. The average molecular weight is 413 g/mol. The van der Waals surface area contributed by atoms with Crippen LogP contribution in [-0.4, -0.2) is 37.2 Å². The molecule has 0 bridgehead atoms. The Morgan fingerprint density at radius 3 is 2.79 bits per heavy atom. The quantitative estimate of drug-likeness (QED) is 0.355. The number of esters is 1. The number of carbonyl (C=O) groups is 1. The largest absolute Gasteiger partial charge is 0.446 e. The lowest BCUT2D eigenvalue weighted by Gasteiger charge is -2.34. The van der Waals surface area contributed by atoms with Crippen LogP contribution in [0.5, 0.6) is 0 Å². The highest BCUT2D eigenvalue weighted by molar-refractivity contribution is 6.33. The molecule has 1 aliphatic rings. The third-order valence-corrected chi connectivity index (χ3v) is 5.80. The number of halogens is 1. The Balaban J connectivity index is 1.81. The van der Waals surface area contributed by atoms with Crippen molar-refractivity contribution in [2.45, 2.75) is 38.2 Å². The average Bonchev–Trinajstić information content (AvgIpc) is 3.29. The molecule has 150 valence electrons. The van der Waals surface area contributed by atoms with Gasteiger partial charge in [-0.2, -0.15) is 0 Å². The van der Waals surface area contributed by atoms with Gasteiger partial charge in [-0.05, 0) is 24.6 Å². The summed E-state index contributed by atoms with van der Waals surface area (Å²) in [5.41, 5.74) is 0.303. The fraction of sp³-hybridized carbons (Fsp3) is 0.333. The summed E-state index contributed by atoms with van der Waals surface area (Å²) in [4.78, 5) is 25.5. The van der Waals surface area contributed by atoms with Crippen molar-refractivity contribution in [2.75, 3.05) is 0 Å². The van der Waals surface area contributed by atoms with Crippen molar-refractivity contribution in [1.82, 2.24) is 19.5 Å². The summed E-state index contributed by atoms with van der Waals surface area (Å²) in [5.74, 6) is -0.586. The molecule has 0 aliphatic carbocycles. The third kappa shape index (κ3) is 3.10. The number of aromatic nitrogens is 4. The molecule has 3 aromatic rings. The van der Waals surface area contributed by atoms with E-state index in [0.717, 1.165) is 6.42 Å². The molecule has 3 heterocycles. The van der Waals surface area contributed by atoms with Crippen LogP contribution in [0.15, 0.2) is 55.6 Å². The monoisotopic (exact) mass is 412 g/mol. The van der Waals surface area contributed by atoms with Crippen molar-refractivity contribution >= 4 is 28.7 Å². The van der Waals surface area contributed by atoms with Gasteiger partial charge in [0.2, 0.25) is 0 Å². The molecule has 0 N–H and O–H groups in total. The van der Waals surface area contributed by atoms with Gasteiger partial charge in [0, 0.05) is 5.92 Å². The molecule has 0 amide bonds. The Morgan fingerprint density at radius 2 is 2.10 bits per heavy atom. The molecule has 4 atom stereocenters. The molecule has 1 fully saturated rings. The normalized spacial score (nSPS) is 26.5. The lowest BCUT2D eigenvalue weighted by Crippen LogP contribution is -2.44. The van der Waals surface area contributed by atoms with E-state index >= 15 is 0 Å². The van der Waals surface area contributed by atoms with Gasteiger partial charge in [-0.25, -0.2) is 19.7 Å². The maximum absolute atomic E-state index is 12.9. The first kappa shape index (κ1) is 19.5. The Kier molecular flexibility index (Phi) is 5.10. The van der Waals surface area contributed by atoms with Gasteiger partial charge in [0.1, 0.15) is 11.8 Å². The number of benzene rings is 1. The number of nitrogens with zero attached hydrogens (tertiary/aromatic N) is 4. The van der Waals surface area contributed by atoms with Crippen LogP contribution in [0.4, 0.5) is 0 Å². The molecule has 0 radical (unpaired) electrons. The molecule has 1 aromatic carbocycles. The van der Waals surface area contributed by atoms with Crippen LogP contribution in [0.3, 0.4) is 0 Å². The number of imidazole rings is 1. The number of carbonyl (C=O) groups excluding carboxylic acids is 1. The van der Waals surface area contributed by atoms with E-state index in [1.807, 2.05) is 19.9 Å². The van der Waals surface area contributed by atoms with E-state index in [9.17, 15) is 4.79 Å². The molecule has 0 saturated carbocycles. The summed E-state index contributed by atoms with van der Waals surface area (Å²) in [6, 6.07) is 8.86. The highest BCUT2D eigenvalue weighted by Gasteiger charge is 2.56. The van der Waals surface area contributed by atoms with Crippen molar-refractivity contribution in [3.63, 3.8) is 0 Å². The zero-order chi connectivity index (χ0) is 20.6. The second-order valence-electron chi connectivity index (χ2n) is 7.03. The molecular formula is C21H21ClN4O3. The van der Waals surface area contributed by atoms with Crippen LogP contribution in [0.1, 0.15) is 36.9 Å². The van der Waals surface area contributed by atoms with Crippen LogP contribution < -0.4 is 0 Å². The van der Waals surface area contributed by atoms with Crippen molar-refractivity contribution in [3.8, 4) is 0 Å². The van der Waals surface area contributed by atoms with E-state index in [1.165, 1.54) is 6.33 Å². The zero-order valence-corrected chi connectivity index (χ0v) is 16.9. The lowest BCUT2D eigenvalue weighted by molar-refractivity contribution is -0.0799. The number of hydrogen-bond donors (Lipinski definition) is 0. The predicted octanol–water partition coefficient (Wildman–Crippen LogP) is 4.21. The highest BCUT2D eigenvalue weighted by Crippen LogP contribution is 2.48. The Morgan fingerprint density at radius 1 is 1.34 bits per heavy atom. The standard InChI is InChI=1S/C21H21ClN4O3/c1-4-15-13(3)21(5-2,29-19(27)14-9-7-6-8-10-14)20(28-15)26-12-25-16-17(22)23-11-24-18(16)26/h5-13,15,20H,2,4H2,1,3H3/t13-,15-,20-,21-/m1/s1. The Hall–Kier alpha value is -2.77. The molecule has 29 heavy (non-hydrogen) atoms. The number of rotatable bonds is 5. The molecule has 7 nitrogen and oxygen atoms in total. The SMILES string of the molecule is C=C[C@@]1(OC(=O)c2ccccc2)[C@H](C)[C@@H](CC)O[C@H]1n1cnc2c(Cl)ncnc21. The van der Waals surface area contributed by atoms with E-state index in [4.69, 9.17) is 21.1 Å². The molecule has 8 heteroatoms. The Bertz CT molecular complexity index is 1050.